The molecule has 4 nitrogen and oxygen atoms in total. The van der Waals surface area contributed by atoms with Gasteiger partial charge in [0.2, 0.25) is 0 Å². The van der Waals surface area contributed by atoms with Crippen LogP contribution in [0, 0.1) is 0 Å². The molecule has 0 spiro atoms. The monoisotopic (exact) mass is 275 g/mol. The van der Waals surface area contributed by atoms with E-state index >= 15 is 0 Å². The lowest BCUT2D eigenvalue weighted by Gasteiger charge is -2.07. The molecule has 0 amide bonds. The van der Waals surface area contributed by atoms with Gasteiger partial charge in [-0.15, -0.1) is 0 Å². The van der Waals surface area contributed by atoms with Crippen LogP contribution in [0.25, 0.3) is 10.3 Å². The Balaban J connectivity index is 2.37. The van der Waals surface area contributed by atoms with E-state index < -0.39 is 17.3 Å². The summed E-state index contributed by atoms with van der Waals surface area (Å²) in [5, 5.41) is 0. The van der Waals surface area contributed by atoms with Gasteiger partial charge in [0, 0.05) is 13.0 Å². The van der Waals surface area contributed by atoms with Gasteiger partial charge in [0.05, 0.1) is 0 Å². The molecule has 0 atom stereocenters. The first-order valence-electron chi connectivity index (χ1n) is 4.86. The van der Waals surface area contributed by atoms with Crippen LogP contribution in [0.5, 0.6) is 0 Å². The highest BCUT2D eigenvalue weighted by Gasteiger charge is 2.42. The number of nitrogens with zero attached hydrogens (tertiary/aromatic N) is 3. The third-order valence-electron chi connectivity index (χ3n) is 2.65. The first kappa shape index (κ1) is 11.1. The first-order chi connectivity index (χ1) is 8.03. The van der Waals surface area contributed by atoms with Crippen molar-refractivity contribution < 1.29 is 8.78 Å². The highest BCUT2D eigenvalue weighted by molar-refractivity contribution is 8.00. The maximum Gasteiger partial charge on any atom is 0.306 e. The largest absolute Gasteiger partial charge is 0.306 e. The third-order valence-corrected chi connectivity index (χ3v) is 4.59. The molecule has 90 valence electrons. The zero-order valence-electron chi connectivity index (χ0n) is 8.74. The molecule has 0 saturated carbocycles. The Morgan fingerprint density at radius 3 is 2.94 bits per heavy atom. The van der Waals surface area contributed by atoms with Crippen molar-refractivity contribution in [2.24, 2.45) is 0 Å². The van der Waals surface area contributed by atoms with Crippen LogP contribution in [0.2, 0.25) is 0 Å². The lowest BCUT2D eigenvalue weighted by molar-refractivity contribution is -0.00625. The molecule has 0 saturated heterocycles. The third kappa shape index (κ3) is 1.50. The average Bonchev–Trinajstić information content (AvgIpc) is 2.82. The maximum atomic E-state index is 13.5. The van der Waals surface area contributed by atoms with Crippen LogP contribution in [0.4, 0.5) is 8.78 Å². The number of hydrogen-bond acceptors (Lipinski definition) is 5. The van der Waals surface area contributed by atoms with Crippen molar-refractivity contribution in [2.45, 2.75) is 23.2 Å². The Hall–Kier alpha value is -1.02. The van der Waals surface area contributed by atoms with Crippen LogP contribution in [-0.2, 0) is 12.5 Å². The molecular weight excluding hydrogens is 268 g/mol. The Morgan fingerprint density at radius 1 is 1.47 bits per heavy atom. The van der Waals surface area contributed by atoms with Gasteiger partial charge in [0.25, 0.3) is 5.56 Å². The fraction of sp³-hybridized carbons (Fsp3) is 0.444. The van der Waals surface area contributed by atoms with Gasteiger partial charge in [-0.05, 0) is 6.26 Å². The highest BCUT2D eigenvalue weighted by atomic mass is 32.2. The van der Waals surface area contributed by atoms with Crippen LogP contribution >= 0.6 is 23.1 Å². The molecular formula is C9H7F2N3OS2. The van der Waals surface area contributed by atoms with E-state index in [2.05, 4.69) is 9.97 Å². The summed E-state index contributed by atoms with van der Waals surface area (Å²) in [6, 6.07) is 0. The second kappa shape index (κ2) is 3.49. The van der Waals surface area contributed by atoms with Crippen molar-refractivity contribution >= 4 is 33.4 Å². The molecule has 0 fully saturated rings. The van der Waals surface area contributed by atoms with Crippen molar-refractivity contribution in [3.05, 3.63) is 16.2 Å². The zero-order valence-corrected chi connectivity index (χ0v) is 10.4. The predicted octanol–water partition coefficient (Wildman–Crippen LogP) is 2.07. The van der Waals surface area contributed by atoms with E-state index in [1.54, 1.807) is 0 Å². The minimum Gasteiger partial charge on any atom is -0.289 e. The van der Waals surface area contributed by atoms with Gasteiger partial charge < -0.3 is 0 Å². The normalized spacial score (nSPS) is 17.6. The molecule has 2 aromatic rings. The number of rotatable bonds is 1. The number of hydrogen-bond donors (Lipinski definition) is 0. The molecule has 3 rings (SSSR count). The van der Waals surface area contributed by atoms with Crippen LogP contribution < -0.4 is 5.56 Å². The molecule has 0 aliphatic carbocycles. The van der Waals surface area contributed by atoms with E-state index in [9.17, 15) is 13.6 Å². The molecule has 0 bridgehead atoms. The quantitative estimate of drug-likeness (QED) is 0.748. The summed E-state index contributed by atoms with van der Waals surface area (Å²) in [5.41, 5.74) is -0.264. The van der Waals surface area contributed by atoms with Gasteiger partial charge >= 0.3 is 5.92 Å². The minimum atomic E-state index is -3.00. The summed E-state index contributed by atoms with van der Waals surface area (Å²) in [5.74, 6) is -3.43. The highest BCUT2D eigenvalue weighted by Crippen LogP contribution is 2.37. The van der Waals surface area contributed by atoms with E-state index in [0.29, 0.717) is 9.17 Å². The SMILES string of the molecule is CSc1nc2c(=O)n3c(nc2s1)C(F)(F)CC3. The summed E-state index contributed by atoms with van der Waals surface area (Å²) in [6.45, 7) is 0.0102. The predicted molar refractivity (Wildman–Crippen MR) is 62.0 cm³/mol. The summed E-state index contributed by atoms with van der Waals surface area (Å²) < 4.78 is 28.7. The second-order valence-corrected chi connectivity index (χ2v) is 5.72. The van der Waals surface area contributed by atoms with Crippen molar-refractivity contribution in [1.82, 2.24) is 14.5 Å². The van der Waals surface area contributed by atoms with E-state index in [1.165, 1.54) is 23.1 Å². The van der Waals surface area contributed by atoms with Gasteiger partial charge in [-0.2, -0.15) is 8.78 Å². The molecule has 0 unspecified atom stereocenters. The molecule has 2 aromatic heterocycles. The fourth-order valence-corrected chi connectivity index (χ4v) is 3.24. The minimum absolute atomic E-state index is 0.0102. The number of aromatic nitrogens is 3. The van der Waals surface area contributed by atoms with E-state index in [4.69, 9.17) is 0 Å². The van der Waals surface area contributed by atoms with E-state index in [0.717, 1.165) is 4.57 Å². The van der Waals surface area contributed by atoms with Crippen LogP contribution in [-0.4, -0.2) is 20.8 Å². The van der Waals surface area contributed by atoms with Crippen molar-refractivity contribution in [2.75, 3.05) is 6.26 Å². The molecule has 1 aliphatic rings. The molecule has 0 N–H and O–H groups in total. The van der Waals surface area contributed by atoms with Crippen molar-refractivity contribution in [1.29, 1.82) is 0 Å². The Morgan fingerprint density at radius 2 is 2.24 bits per heavy atom. The summed E-state index contributed by atoms with van der Waals surface area (Å²) in [7, 11) is 0. The lowest BCUT2D eigenvalue weighted by atomic mass is 10.3. The van der Waals surface area contributed by atoms with Crippen LogP contribution in [0.1, 0.15) is 12.2 Å². The molecule has 3 heterocycles. The van der Waals surface area contributed by atoms with Crippen LogP contribution in [0.15, 0.2) is 9.13 Å². The number of thioether (sulfide) groups is 1. The van der Waals surface area contributed by atoms with Gasteiger partial charge in [0.15, 0.2) is 20.5 Å². The average molecular weight is 275 g/mol. The van der Waals surface area contributed by atoms with Gasteiger partial charge in [0.1, 0.15) is 0 Å². The molecule has 0 radical (unpaired) electrons. The summed E-state index contributed by atoms with van der Waals surface area (Å²) >= 11 is 2.54. The number of alkyl halides is 2. The Kier molecular flexibility index (Phi) is 2.27. The molecule has 0 aromatic carbocycles. The molecule has 8 heteroatoms. The summed E-state index contributed by atoms with van der Waals surface area (Å²) in [4.78, 5) is 20.3. The van der Waals surface area contributed by atoms with Crippen LogP contribution in [0.3, 0.4) is 0 Å². The molecule has 1 aliphatic heterocycles. The van der Waals surface area contributed by atoms with Crippen molar-refractivity contribution in [3.8, 4) is 0 Å². The van der Waals surface area contributed by atoms with E-state index in [1.807, 2.05) is 6.26 Å². The van der Waals surface area contributed by atoms with E-state index in [-0.39, 0.29) is 18.5 Å². The fourth-order valence-electron chi connectivity index (χ4n) is 1.83. The number of thiazole rings is 1. The zero-order chi connectivity index (χ0) is 12.2. The van der Waals surface area contributed by atoms with Crippen molar-refractivity contribution in [3.63, 3.8) is 0 Å². The first-order valence-corrected chi connectivity index (χ1v) is 6.91. The van der Waals surface area contributed by atoms with Gasteiger partial charge in [-0.1, -0.05) is 23.1 Å². The molecule has 17 heavy (non-hydrogen) atoms. The maximum absolute atomic E-state index is 13.5. The Labute approximate surface area is 103 Å². The lowest BCUT2D eigenvalue weighted by Crippen LogP contribution is -2.23. The smallest absolute Gasteiger partial charge is 0.289 e. The number of halogens is 2. The van der Waals surface area contributed by atoms with Gasteiger partial charge in [-0.3, -0.25) is 9.36 Å². The Bertz CT molecular complexity index is 664. The standard InChI is InChI=1S/C9H7F2N3OS2/c1-16-8-12-4-5(17-8)13-7-9(10,11)2-3-14(7)6(4)15/h2-3H2,1H3. The topological polar surface area (TPSA) is 47.8 Å². The van der Waals surface area contributed by atoms with Gasteiger partial charge in [-0.25, -0.2) is 9.97 Å². The second-order valence-electron chi connectivity index (χ2n) is 3.68. The summed E-state index contributed by atoms with van der Waals surface area (Å²) in [6.07, 6.45) is 1.46. The number of fused-ring (bicyclic) bond motifs is 2.